The third-order valence-electron chi connectivity index (χ3n) is 26.3. The van der Waals surface area contributed by atoms with Crippen molar-refractivity contribution in [1.29, 1.82) is 0 Å². The van der Waals surface area contributed by atoms with Gasteiger partial charge in [-0.15, -0.1) is 0 Å². The molecule has 25 rings (SSSR count). The number of pyridine rings is 5. The number of benzene rings is 20. The summed E-state index contributed by atoms with van der Waals surface area (Å²) in [4.78, 5) is 26.1. The molecule has 25 aromatic rings. The topological polar surface area (TPSA) is 98.6 Å². The van der Waals surface area contributed by atoms with E-state index in [1.54, 1.807) is 0 Å². The van der Waals surface area contributed by atoms with Crippen molar-refractivity contribution in [1.82, 2.24) is 24.9 Å². The Morgan fingerprint density at radius 3 is 0.664 bits per heavy atom. The third kappa shape index (κ3) is 18.5. The van der Waals surface area contributed by atoms with Crippen LogP contribution in [0.25, 0.3) is 199 Å². The van der Waals surface area contributed by atoms with Crippen LogP contribution in [0.15, 0.2) is 528 Å². The summed E-state index contributed by atoms with van der Waals surface area (Å²) >= 11 is 0. The number of fused-ring (bicyclic) bond motifs is 12. The van der Waals surface area contributed by atoms with E-state index in [1.165, 1.54) is 49.5 Å². The molecule has 0 saturated heterocycles. The minimum Gasteiger partial charge on any atom is -0.309 e. The van der Waals surface area contributed by atoms with E-state index in [2.05, 4.69) is 346 Å². The Bertz CT molecular complexity index is 8500. The lowest BCUT2D eigenvalue weighted by molar-refractivity contribution is 0.591. The summed E-state index contributed by atoms with van der Waals surface area (Å²) in [5, 5.41) is 17.4. The Morgan fingerprint density at radius 1 is 0.154 bits per heavy atom. The van der Waals surface area contributed by atoms with Gasteiger partial charge in [0, 0.05) is 119 Å². The molecule has 5 heterocycles. The van der Waals surface area contributed by atoms with Crippen LogP contribution in [0, 0.1) is 0 Å². The maximum absolute atomic E-state index is 14.9. The lowest BCUT2D eigenvalue weighted by atomic mass is 9.91. The monoisotopic (exact) mass is 1880 g/mol. The summed E-state index contributed by atoms with van der Waals surface area (Å²) in [5.41, 5.74) is 26.3. The van der Waals surface area contributed by atoms with Crippen LogP contribution < -0.4 is 31.8 Å². The highest BCUT2D eigenvalue weighted by atomic mass is 31.2. The molecule has 0 spiro atoms. The first-order valence-corrected chi connectivity index (χ1v) is 49.9. The predicted octanol–water partition coefficient (Wildman–Crippen LogP) is 34.4. The van der Waals surface area contributed by atoms with Gasteiger partial charge >= 0.3 is 0 Å². The van der Waals surface area contributed by atoms with E-state index >= 15 is 0 Å². The highest BCUT2D eigenvalue weighted by Crippen LogP contribution is 2.49. The molecule has 690 valence electrons. The van der Waals surface area contributed by atoms with Gasteiger partial charge in [-0.1, -0.05) is 516 Å². The Morgan fingerprint density at radius 2 is 0.378 bits per heavy atom. The van der Waals surface area contributed by atoms with Gasteiger partial charge in [0.05, 0.1) is 56.1 Å². The largest absolute Gasteiger partial charge is 0.309 e. The molecule has 0 N–H and O–H groups in total. The van der Waals surface area contributed by atoms with Gasteiger partial charge in [0.2, 0.25) is 0 Å². The first-order valence-electron chi connectivity index (χ1n) is 46.5. The quantitative estimate of drug-likeness (QED) is 0.0702. The molecule has 9 heteroatoms. The van der Waals surface area contributed by atoms with Gasteiger partial charge in [-0.25, -0.2) is 24.9 Å². The Hall–Kier alpha value is -17.3. The molecule has 0 fully saturated rings. The number of hydrogen-bond donors (Lipinski definition) is 0. The van der Waals surface area contributed by atoms with Crippen molar-refractivity contribution in [2.24, 2.45) is 0 Å². The summed E-state index contributed by atoms with van der Waals surface area (Å²) in [5.74, 6) is 0. The second kappa shape index (κ2) is 42.2. The number of rotatable bonds is 16. The maximum atomic E-state index is 14.9. The standard InChI is InChI=1S/C43H27N3.2C43H30NOP.5CH4/c1-4-11-28(12-5-1)34-17-10-18-35-40(34)36-27-33(23-26-39(36)46-41(35)30-15-8-3-9-16-30)38-25-22-32-20-19-31-21-24-37(29-13-6-2-7-14-29)44-42(31)43(32)45-38;2*45-46(35-18-9-3-10-19-35,36-20-11-4-12-21-36)37-27-24-31(25-28-37)34-26-29-41-40(30-34)42-38(32-14-5-1-6-15-32)22-13-23-39(42)43(44-41)33-16-7-2-8-17-33;;;;;/h1-27H;2*1-30H;5*1H4. The Kier molecular flexibility index (Phi) is 28.3. The molecule has 0 atom stereocenters. The van der Waals surface area contributed by atoms with Crippen LogP contribution in [-0.2, 0) is 9.13 Å². The summed E-state index contributed by atoms with van der Waals surface area (Å²) in [6, 6.07) is 181. The average Bonchev–Trinajstić information content (AvgIpc) is 0.746. The zero-order chi connectivity index (χ0) is 92.3. The molecule has 0 radical (unpaired) electrons. The Labute approximate surface area is 837 Å². The van der Waals surface area contributed by atoms with Gasteiger partial charge in [-0.3, -0.25) is 0 Å². The van der Waals surface area contributed by atoms with Gasteiger partial charge in [-0.2, -0.15) is 0 Å². The summed E-state index contributed by atoms with van der Waals surface area (Å²) in [6.45, 7) is 0. The molecule has 0 unspecified atom stereocenters. The first kappa shape index (κ1) is 96.0. The molecule has 0 aliphatic carbocycles. The lowest BCUT2D eigenvalue weighted by Gasteiger charge is -2.20. The predicted molar refractivity (Wildman–Crippen MR) is 615 cm³/mol. The molecule has 0 bridgehead atoms. The number of aromatic nitrogens is 5. The molecule has 7 nitrogen and oxygen atoms in total. The molecular formula is C134H107N5O2P2. The Balaban J connectivity index is 0.000000139. The van der Waals surface area contributed by atoms with E-state index in [4.69, 9.17) is 24.9 Å². The van der Waals surface area contributed by atoms with Crippen LogP contribution in [0.2, 0.25) is 0 Å². The molecule has 0 amide bonds. The fourth-order valence-electron chi connectivity index (χ4n) is 19.6. The summed E-state index contributed by atoms with van der Waals surface area (Å²) < 4.78 is 29.8. The average molecular weight is 1880 g/mol. The van der Waals surface area contributed by atoms with E-state index in [1.807, 2.05) is 182 Å². The van der Waals surface area contributed by atoms with E-state index in [0.29, 0.717) is 0 Å². The van der Waals surface area contributed by atoms with Gasteiger partial charge in [-0.05, 0) is 104 Å². The van der Waals surface area contributed by atoms with Gasteiger partial charge in [0.1, 0.15) is 0 Å². The lowest BCUT2D eigenvalue weighted by Crippen LogP contribution is -2.24. The summed E-state index contributed by atoms with van der Waals surface area (Å²) in [7, 11) is -6.09. The van der Waals surface area contributed by atoms with Crippen molar-refractivity contribution >= 4 is 133 Å². The molecule has 20 aromatic carbocycles. The van der Waals surface area contributed by atoms with Crippen molar-refractivity contribution in [2.75, 3.05) is 0 Å². The molecular weight excluding hydrogens is 1770 g/mol. The van der Waals surface area contributed by atoms with E-state index in [9.17, 15) is 9.13 Å². The first-order chi connectivity index (χ1) is 68.2. The van der Waals surface area contributed by atoms with Crippen LogP contribution in [0.5, 0.6) is 0 Å². The van der Waals surface area contributed by atoms with Crippen molar-refractivity contribution in [3.8, 4) is 112 Å². The second-order valence-electron chi connectivity index (χ2n) is 34.6. The van der Waals surface area contributed by atoms with E-state index in [0.717, 1.165) is 181 Å². The molecule has 0 aliphatic heterocycles. The second-order valence-corrected chi connectivity index (χ2v) is 40.1. The van der Waals surface area contributed by atoms with Gasteiger partial charge in [0.25, 0.3) is 0 Å². The van der Waals surface area contributed by atoms with Gasteiger partial charge in [0.15, 0.2) is 14.3 Å². The highest BCUT2D eigenvalue weighted by Gasteiger charge is 2.32. The van der Waals surface area contributed by atoms with Gasteiger partial charge < -0.3 is 9.13 Å². The minimum atomic E-state index is -3.05. The SMILES string of the molecule is C.C.C.C.C.O=P(c1ccccc1)(c1ccccc1)c1ccc(-c2ccc3nc(-c4ccccc4)c4cccc(-c5ccccc5)c4c3c2)cc1.O=P(c1ccccc1)(c1ccccc1)c1ccc(-c2ccc3nc(-c4ccccc4)c4cccc(-c5ccccc5)c4c3c2)cc1.c1ccc(-c2ccc3ccc4ccc(-c5ccc6nc(-c7ccccc7)c7cccc(-c8ccccc8)c7c6c5)nc4c3n2)cc1. The van der Waals surface area contributed by atoms with Crippen molar-refractivity contribution in [3.63, 3.8) is 0 Å². The molecule has 5 aromatic heterocycles. The van der Waals surface area contributed by atoms with Crippen molar-refractivity contribution < 1.29 is 9.13 Å². The molecule has 0 aliphatic rings. The number of nitrogens with zero attached hydrogens (tertiary/aromatic N) is 5. The minimum absolute atomic E-state index is 0. The number of hydrogen-bond acceptors (Lipinski definition) is 7. The van der Waals surface area contributed by atoms with Crippen LogP contribution >= 0.6 is 14.3 Å². The fourth-order valence-corrected chi connectivity index (χ4v) is 24.9. The van der Waals surface area contributed by atoms with Crippen molar-refractivity contribution in [2.45, 2.75) is 37.1 Å². The zero-order valence-corrected chi connectivity index (χ0v) is 77.0. The highest BCUT2D eigenvalue weighted by molar-refractivity contribution is 7.85. The normalized spacial score (nSPS) is 11.1. The molecule has 143 heavy (non-hydrogen) atoms. The fraction of sp³-hybridized carbons (Fsp3) is 0.0373. The van der Waals surface area contributed by atoms with Crippen LogP contribution in [0.1, 0.15) is 37.1 Å². The third-order valence-corrected chi connectivity index (χ3v) is 32.5. The maximum Gasteiger partial charge on any atom is 0.171 e. The van der Waals surface area contributed by atoms with Crippen LogP contribution in [-0.4, -0.2) is 24.9 Å². The summed E-state index contributed by atoms with van der Waals surface area (Å²) in [6.07, 6.45) is 0. The molecule has 0 saturated carbocycles. The van der Waals surface area contributed by atoms with E-state index in [-0.39, 0.29) is 37.1 Å². The smallest absolute Gasteiger partial charge is 0.171 e. The van der Waals surface area contributed by atoms with Crippen LogP contribution in [0.3, 0.4) is 0 Å². The zero-order valence-electron chi connectivity index (χ0n) is 75.2. The van der Waals surface area contributed by atoms with Crippen molar-refractivity contribution in [3.05, 3.63) is 528 Å². The van der Waals surface area contributed by atoms with E-state index < -0.39 is 14.3 Å². The van der Waals surface area contributed by atoms with Crippen LogP contribution in [0.4, 0.5) is 0 Å².